The number of hydrogen-bond acceptors (Lipinski definition) is 13. The van der Waals surface area contributed by atoms with Crippen LogP contribution in [0.1, 0.15) is 50.1 Å². The minimum atomic E-state index is -0.734. The van der Waals surface area contributed by atoms with Crippen molar-refractivity contribution in [1.82, 2.24) is 35.3 Å². The molecule has 17 heteroatoms. The second kappa shape index (κ2) is 11.0. The molecule has 6 N–H and O–H groups in total. The van der Waals surface area contributed by atoms with Crippen LogP contribution < -0.4 is 38.3 Å². The number of nitrogens with zero attached hydrogens (tertiary/aromatic N) is 4. The van der Waals surface area contributed by atoms with Gasteiger partial charge < -0.3 is 26.2 Å². The lowest BCUT2D eigenvalue weighted by Gasteiger charge is -2.15. The summed E-state index contributed by atoms with van der Waals surface area (Å²) in [6.45, 7) is 0.0678. The van der Waals surface area contributed by atoms with Gasteiger partial charge in [0.05, 0.1) is 6.04 Å². The first kappa shape index (κ1) is 28.5. The number of carbonyl (C=O) groups is 2. The van der Waals surface area contributed by atoms with Crippen molar-refractivity contribution in [2.24, 2.45) is 0 Å². The summed E-state index contributed by atoms with van der Waals surface area (Å²) in [6.07, 6.45) is 1.27. The quantitative estimate of drug-likeness (QED) is 0.118. The van der Waals surface area contributed by atoms with Gasteiger partial charge in [-0.25, -0.2) is 14.2 Å². The Kier molecular flexibility index (Phi) is 6.85. The topological polar surface area (TPSA) is 233 Å². The molecular weight excluding hydrogens is 618 g/mol. The van der Waals surface area contributed by atoms with Crippen LogP contribution in [0.5, 0.6) is 0 Å². The minimum absolute atomic E-state index is 0.00316. The number of amides is 2. The van der Waals surface area contributed by atoms with Gasteiger partial charge in [0.25, 0.3) is 28.4 Å². The Morgan fingerprint density at radius 2 is 1.89 bits per heavy atom. The molecule has 6 aromatic rings. The number of hydrogen-bond donors (Lipinski definition) is 5. The highest BCUT2D eigenvalue weighted by molar-refractivity contribution is 7.71. The van der Waals surface area contributed by atoms with Crippen LogP contribution in [0.3, 0.4) is 0 Å². The molecule has 0 spiro atoms. The fraction of sp³-hybridized carbons (Fsp3) is 0.138. The third-order valence-corrected chi connectivity index (χ3v) is 7.88. The van der Waals surface area contributed by atoms with Gasteiger partial charge in [-0.2, -0.15) is 0 Å². The third-order valence-electron chi connectivity index (χ3n) is 7.62. The number of rotatable bonds is 8. The van der Waals surface area contributed by atoms with E-state index in [2.05, 4.69) is 40.8 Å². The number of benzene rings is 2. The molecule has 0 unspecified atom stereocenters. The second-order valence-electron chi connectivity index (χ2n) is 10.5. The van der Waals surface area contributed by atoms with E-state index in [0.29, 0.717) is 35.5 Å². The van der Waals surface area contributed by atoms with E-state index in [1.165, 1.54) is 10.5 Å². The number of aryl methyl sites for hydroxylation is 1. The Morgan fingerprint density at radius 3 is 2.67 bits per heavy atom. The molecule has 46 heavy (non-hydrogen) atoms. The molecule has 3 aromatic heterocycles. The van der Waals surface area contributed by atoms with Crippen LogP contribution in [0.25, 0.3) is 17.2 Å². The van der Waals surface area contributed by atoms with Gasteiger partial charge in [-0.15, -0.1) is 0 Å². The molecular formula is C29H21N9O7S. The fourth-order valence-electron chi connectivity index (χ4n) is 5.35. The lowest BCUT2D eigenvalue weighted by Crippen LogP contribution is -2.36. The summed E-state index contributed by atoms with van der Waals surface area (Å²) in [5, 5.41) is 16.1. The Bertz CT molecular complexity index is 2400. The predicted octanol–water partition coefficient (Wildman–Crippen LogP) is 1.66. The lowest BCUT2D eigenvalue weighted by molar-refractivity contribution is 0.0929. The van der Waals surface area contributed by atoms with Gasteiger partial charge in [0, 0.05) is 17.8 Å². The van der Waals surface area contributed by atoms with E-state index in [1.807, 2.05) is 12.1 Å². The van der Waals surface area contributed by atoms with E-state index in [-0.39, 0.29) is 46.0 Å². The van der Waals surface area contributed by atoms with Gasteiger partial charge in [0.15, 0.2) is 5.82 Å². The number of aromatic nitrogens is 5. The molecule has 0 bridgehead atoms. The molecule has 1 atom stereocenters. The zero-order valence-corrected chi connectivity index (χ0v) is 24.3. The highest BCUT2D eigenvalue weighted by Gasteiger charge is 2.27. The molecule has 1 aliphatic carbocycles. The van der Waals surface area contributed by atoms with Crippen molar-refractivity contribution < 1.29 is 18.6 Å². The van der Waals surface area contributed by atoms with Gasteiger partial charge in [-0.3, -0.25) is 28.7 Å². The average molecular weight is 640 g/mol. The summed E-state index contributed by atoms with van der Waals surface area (Å²) in [5.74, 6) is -1.54. The number of nitrogen functional groups attached to an aromatic ring is 1. The van der Waals surface area contributed by atoms with E-state index < -0.39 is 28.4 Å². The van der Waals surface area contributed by atoms with Crippen molar-refractivity contribution in [2.75, 3.05) is 11.1 Å². The molecule has 3 aromatic carbocycles. The van der Waals surface area contributed by atoms with E-state index in [9.17, 15) is 24.0 Å². The summed E-state index contributed by atoms with van der Waals surface area (Å²) in [4.78, 5) is 67.9. The van der Waals surface area contributed by atoms with Crippen LogP contribution in [0.15, 0.2) is 72.0 Å². The number of anilines is 3. The smallest absolute Gasteiger partial charge is 0.394 e. The SMILES string of the molecule is Nc1c(Nc2cccc(CNC(=O)c3cc(C(=O)N[C@H]4CCc5cc(-c6noc(=O)[nH]6)ccc54)n4c(=S)onc4n3)c2)c(=O)c1=O. The highest BCUT2D eigenvalue weighted by Crippen LogP contribution is 2.33. The molecule has 3 heterocycles. The number of carbonyl (C=O) groups excluding carboxylic acids is 2. The molecule has 1 aliphatic rings. The van der Waals surface area contributed by atoms with Crippen LogP contribution in [0, 0.1) is 4.84 Å². The van der Waals surface area contributed by atoms with E-state index in [4.69, 9.17) is 22.5 Å². The second-order valence-corrected chi connectivity index (χ2v) is 10.8. The van der Waals surface area contributed by atoms with E-state index >= 15 is 0 Å². The molecule has 7 rings (SSSR count). The van der Waals surface area contributed by atoms with Gasteiger partial charge in [0.2, 0.25) is 0 Å². The number of fused-ring (bicyclic) bond motifs is 2. The van der Waals surface area contributed by atoms with Gasteiger partial charge >= 0.3 is 10.6 Å². The predicted molar refractivity (Wildman–Crippen MR) is 164 cm³/mol. The first-order valence-electron chi connectivity index (χ1n) is 13.8. The zero-order chi connectivity index (χ0) is 32.1. The van der Waals surface area contributed by atoms with Crippen LogP contribution in [0.4, 0.5) is 17.1 Å². The highest BCUT2D eigenvalue weighted by atomic mass is 32.1. The van der Waals surface area contributed by atoms with Crippen LogP contribution in [-0.4, -0.2) is 36.5 Å². The van der Waals surface area contributed by atoms with Crippen molar-refractivity contribution in [3.63, 3.8) is 0 Å². The van der Waals surface area contributed by atoms with Crippen molar-refractivity contribution in [3.8, 4) is 11.4 Å². The first-order chi connectivity index (χ1) is 22.2. The Morgan fingerprint density at radius 1 is 1.04 bits per heavy atom. The summed E-state index contributed by atoms with van der Waals surface area (Å²) < 4.78 is 10.9. The van der Waals surface area contributed by atoms with Crippen LogP contribution in [-0.2, 0) is 13.0 Å². The van der Waals surface area contributed by atoms with Crippen LogP contribution in [0.2, 0.25) is 0 Å². The average Bonchev–Trinajstić information content (AvgIpc) is 3.79. The first-order valence-corrected chi connectivity index (χ1v) is 14.2. The van der Waals surface area contributed by atoms with Crippen LogP contribution >= 0.6 is 12.2 Å². The molecule has 2 amide bonds. The number of nitrogens with one attached hydrogen (secondary N) is 4. The molecule has 230 valence electrons. The van der Waals surface area contributed by atoms with Crippen molar-refractivity contribution in [3.05, 3.63) is 112 Å². The summed E-state index contributed by atoms with van der Waals surface area (Å²) in [6, 6.07) is 13.3. The third kappa shape index (κ3) is 5.03. The van der Waals surface area contributed by atoms with E-state index in [1.54, 1.807) is 30.3 Å². The fourth-order valence-corrected chi connectivity index (χ4v) is 5.57. The van der Waals surface area contributed by atoms with Gasteiger partial charge in [-0.1, -0.05) is 29.4 Å². The Hall–Kier alpha value is -6.23. The minimum Gasteiger partial charge on any atom is -0.394 e. The maximum absolute atomic E-state index is 13.6. The molecule has 0 saturated carbocycles. The van der Waals surface area contributed by atoms with Crippen molar-refractivity contribution in [1.29, 1.82) is 0 Å². The summed E-state index contributed by atoms with van der Waals surface area (Å²) >= 11 is 5.22. The molecule has 0 aliphatic heterocycles. The lowest BCUT2D eigenvalue weighted by atomic mass is 10.0. The molecule has 0 fully saturated rings. The monoisotopic (exact) mass is 639 g/mol. The molecule has 16 nitrogen and oxygen atoms in total. The van der Waals surface area contributed by atoms with Crippen molar-refractivity contribution in [2.45, 2.75) is 25.4 Å². The Labute approximate surface area is 260 Å². The van der Waals surface area contributed by atoms with Crippen molar-refractivity contribution >= 4 is 46.9 Å². The Balaban J connectivity index is 1.08. The van der Waals surface area contributed by atoms with Gasteiger partial charge in [-0.05, 0) is 71.2 Å². The molecule has 0 saturated heterocycles. The number of aromatic amines is 1. The van der Waals surface area contributed by atoms with E-state index in [0.717, 1.165) is 11.1 Å². The standard InChI is InChI=1S/C29H21N9O7S/c30-20-21(23(40)22(20)39)32-15-3-1-2-12(8-15)11-31-25(41)18-10-19(38-27(34-18)37-45-29(38)46)26(42)33-17-7-5-13-9-14(4-6-16(13)17)24-35-28(43)44-36-24/h1-4,6,8-10,17,32H,5,7,11,30H2,(H,31,41)(H,33,42)(H,35,36,43)/t17-/m0/s1. The number of nitrogens with two attached hydrogens (primary N) is 1. The zero-order valence-electron chi connectivity index (χ0n) is 23.4. The summed E-state index contributed by atoms with van der Waals surface area (Å²) in [7, 11) is 0. The van der Waals surface area contributed by atoms with Gasteiger partial charge in [0.1, 0.15) is 22.8 Å². The number of H-pyrrole nitrogens is 1. The largest absolute Gasteiger partial charge is 0.439 e. The molecule has 0 radical (unpaired) electrons. The maximum atomic E-state index is 13.6. The normalized spacial score (nSPS) is 14.0. The summed E-state index contributed by atoms with van der Waals surface area (Å²) in [5.41, 5.74) is 7.66. The maximum Gasteiger partial charge on any atom is 0.439 e.